The minimum Gasteiger partial charge on any atom is -0.484 e. The van der Waals surface area contributed by atoms with Crippen LogP contribution in [0, 0.1) is 0 Å². The molecule has 0 spiro atoms. The Hall–Kier alpha value is -2.16. The first-order valence-corrected chi connectivity index (χ1v) is 13.5. The van der Waals surface area contributed by atoms with Crippen LogP contribution in [-0.4, -0.2) is 73.0 Å². The van der Waals surface area contributed by atoms with Crippen molar-refractivity contribution in [1.82, 2.24) is 15.1 Å². The second-order valence-electron chi connectivity index (χ2n) is 8.35. The Balaban J connectivity index is 1.19. The van der Waals surface area contributed by atoms with Crippen molar-refractivity contribution in [1.29, 1.82) is 0 Å². The van der Waals surface area contributed by atoms with Crippen molar-refractivity contribution >= 4 is 35.3 Å². The van der Waals surface area contributed by atoms with Crippen molar-refractivity contribution in [3.8, 4) is 5.75 Å². The summed E-state index contributed by atoms with van der Waals surface area (Å²) in [5, 5.41) is 2.88. The van der Waals surface area contributed by atoms with E-state index in [2.05, 4.69) is 29.4 Å². The molecule has 8 heteroatoms. The maximum atomic E-state index is 12.6. The lowest BCUT2D eigenvalue weighted by Gasteiger charge is -2.32. The molecule has 0 aliphatic carbocycles. The Morgan fingerprint density at radius 3 is 2.30 bits per heavy atom. The van der Waals surface area contributed by atoms with E-state index in [1.54, 1.807) is 0 Å². The lowest BCUT2D eigenvalue weighted by Crippen LogP contribution is -2.47. The number of hydrogen-bond donors (Lipinski definition) is 1. The first kappa shape index (κ1) is 24.0. The normalized spacial score (nSPS) is 17.5. The average Bonchev–Trinajstić information content (AvgIpc) is 2.87. The highest BCUT2D eigenvalue weighted by molar-refractivity contribution is 8.16. The van der Waals surface area contributed by atoms with Crippen molar-refractivity contribution in [2.45, 2.75) is 17.5 Å². The molecule has 2 saturated heterocycles. The first-order valence-electron chi connectivity index (χ1n) is 11.4. The van der Waals surface area contributed by atoms with E-state index in [9.17, 15) is 9.59 Å². The highest BCUT2D eigenvalue weighted by atomic mass is 32.2. The van der Waals surface area contributed by atoms with Crippen LogP contribution in [0.25, 0.3) is 0 Å². The third kappa shape index (κ3) is 6.91. The van der Waals surface area contributed by atoms with Crippen LogP contribution in [0.15, 0.2) is 48.5 Å². The number of nitrogens with one attached hydrogen (secondary N) is 1. The van der Waals surface area contributed by atoms with Crippen molar-refractivity contribution in [2.75, 3.05) is 51.3 Å². The van der Waals surface area contributed by atoms with Gasteiger partial charge in [-0.1, -0.05) is 24.3 Å². The molecule has 0 radical (unpaired) electrons. The zero-order valence-corrected chi connectivity index (χ0v) is 20.6. The molecule has 1 N–H and O–H groups in total. The molecule has 6 nitrogen and oxygen atoms in total. The van der Waals surface area contributed by atoms with Gasteiger partial charge in [-0.05, 0) is 60.4 Å². The summed E-state index contributed by atoms with van der Waals surface area (Å²) < 4.78 is 6.14. The molecule has 2 fully saturated rings. The second kappa shape index (κ2) is 11.8. The van der Waals surface area contributed by atoms with Gasteiger partial charge < -0.3 is 19.9 Å². The Labute approximate surface area is 204 Å². The number of likely N-dealkylation sites (N-methyl/N-ethyl adjacent to an activating group) is 1. The number of nitrogens with zero attached hydrogens (tertiary/aromatic N) is 2. The maximum Gasteiger partial charge on any atom is 0.258 e. The van der Waals surface area contributed by atoms with Crippen LogP contribution >= 0.6 is 23.5 Å². The van der Waals surface area contributed by atoms with Gasteiger partial charge >= 0.3 is 0 Å². The molecule has 0 saturated carbocycles. The quantitative estimate of drug-likeness (QED) is 0.646. The highest BCUT2D eigenvalue weighted by Crippen LogP contribution is 2.43. The van der Waals surface area contributed by atoms with Crippen molar-refractivity contribution in [2.24, 2.45) is 0 Å². The molecule has 2 amide bonds. The molecule has 2 aromatic carbocycles. The van der Waals surface area contributed by atoms with E-state index in [-0.39, 0.29) is 18.4 Å². The monoisotopic (exact) mass is 485 g/mol. The minimum absolute atomic E-state index is 0.0216. The number of hydrogen-bond acceptors (Lipinski definition) is 6. The largest absolute Gasteiger partial charge is 0.484 e. The first-order chi connectivity index (χ1) is 16.1. The number of carbonyl (C=O) groups is 2. The van der Waals surface area contributed by atoms with Gasteiger partial charge in [0.05, 0.1) is 4.58 Å². The van der Waals surface area contributed by atoms with Crippen LogP contribution in [0.2, 0.25) is 0 Å². The minimum atomic E-state index is -0.171. The Bertz CT molecular complexity index is 923. The average molecular weight is 486 g/mol. The van der Waals surface area contributed by atoms with Gasteiger partial charge in [0, 0.05) is 38.3 Å². The topological polar surface area (TPSA) is 61.9 Å². The van der Waals surface area contributed by atoms with Gasteiger partial charge in [0.1, 0.15) is 5.75 Å². The van der Waals surface area contributed by atoms with Gasteiger partial charge in [0.25, 0.3) is 11.8 Å². The van der Waals surface area contributed by atoms with E-state index in [1.807, 2.05) is 64.8 Å². The van der Waals surface area contributed by atoms with Gasteiger partial charge in [-0.15, -0.1) is 23.5 Å². The predicted octanol–water partition coefficient (Wildman–Crippen LogP) is 3.64. The number of carbonyl (C=O) groups excluding carboxylic acids is 2. The fourth-order valence-electron chi connectivity index (χ4n) is 3.76. The smallest absolute Gasteiger partial charge is 0.258 e. The maximum absolute atomic E-state index is 12.6. The van der Waals surface area contributed by atoms with Crippen LogP contribution in [-0.2, 0) is 11.3 Å². The molecule has 2 aliphatic heterocycles. The van der Waals surface area contributed by atoms with Crippen LogP contribution in [0.3, 0.4) is 0 Å². The highest BCUT2D eigenvalue weighted by Gasteiger charge is 2.20. The zero-order chi connectivity index (χ0) is 23.0. The molecule has 0 atom stereocenters. The molecule has 2 aromatic rings. The summed E-state index contributed by atoms with van der Waals surface area (Å²) in [6, 6.07) is 15.5. The summed E-state index contributed by atoms with van der Waals surface area (Å²) in [6.07, 6.45) is 1.28. The number of piperazine rings is 1. The van der Waals surface area contributed by atoms with E-state index < -0.39 is 0 Å². The lowest BCUT2D eigenvalue weighted by molar-refractivity contribution is -0.123. The molecular formula is C25H31N3O3S2. The molecule has 176 valence electrons. The van der Waals surface area contributed by atoms with Gasteiger partial charge in [-0.3, -0.25) is 9.59 Å². The summed E-state index contributed by atoms with van der Waals surface area (Å²) in [5.74, 6) is 3.02. The van der Waals surface area contributed by atoms with E-state index in [1.165, 1.54) is 23.5 Å². The fourth-order valence-corrected chi connectivity index (χ4v) is 6.65. The molecule has 4 rings (SSSR count). The molecule has 33 heavy (non-hydrogen) atoms. The SMILES string of the molecule is CN1CCN(C(=O)c2ccc(CNC(=O)COc3ccc(C4SCCCS4)cc3)cc2)CC1. The van der Waals surface area contributed by atoms with E-state index in [0.29, 0.717) is 22.4 Å². The van der Waals surface area contributed by atoms with Crippen molar-refractivity contribution in [3.63, 3.8) is 0 Å². The fraction of sp³-hybridized carbons (Fsp3) is 0.440. The molecule has 2 heterocycles. The summed E-state index contributed by atoms with van der Waals surface area (Å²) in [7, 11) is 2.07. The number of thioether (sulfide) groups is 2. The second-order valence-corrected chi connectivity index (χ2v) is 11.1. The number of benzene rings is 2. The molecular weight excluding hydrogens is 454 g/mol. The summed E-state index contributed by atoms with van der Waals surface area (Å²) in [4.78, 5) is 29.0. The van der Waals surface area contributed by atoms with Crippen LogP contribution < -0.4 is 10.1 Å². The van der Waals surface area contributed by atoms with Gasteiger partial charge in [-0.2, -0.15) is 0 Å². The van der Waals surface area contributed by atoms with Crippen molar-refractivity contribution < 1.29 is 14.3 Å². The Kier molecular flexibility index (Phi) is 8.58. The lowest BCUT2D eigenvalue weighted by atomic mass is 10.1. The summed E-state index contributed by atoms with van der Waals surface area (Å²) >= 11 is 3.98. The third-order valence-electron chi connectivity index (χ3n) is 5.83. The van der Waals surface area contributed by atoms with E-state index in [4.69, 9.17) is 4.74 Å². The van der Waals surface area contributed by atoms with Crippen LogP contribution in [0.4, 0.5) is 0 Å². The Morgan fingerprint density at radius 2 is 1.64 bits per heavy atom. The van der Waals surface area contributed by atoms with E-state index >= 15 is 0 Å². The van der Waals surface area contributed by atoms with Gasteiger partial charge in [0.2, 0.25) is 0 Å². The molecule has 0 unspecified atom stereocenters. The van der Waals surface area contributed by atoms with Gasteiger partial charge in [-0.25, -0.2) is 0 Å². The zero-order valence-electron chi connectivity index (χ0n) is 19.0. The van der Waals surface area contributed by atoms with Gasteiger partial charge in [0.15, 0.2) is 6.61 Å². The third-order valence-corrected chi connectivity index (χ3v) is 8.85. The molecule has 0 aromatic heterocycles. The molecule has 0 bridgehead atoms. The van der Waals surface area contributed by atoms with E-state index in [0.717, 1.165) is 31.7 Å². The van der Waals surface area contributed by atoms with Crippen LogP contribution in [0.5, 0.6) is 5.75 Å². The number of ether oxygens (including phenoxy) is 1. The molecule has 2 aliphatic rings. The van der Waals surface area contributed by atoms with Crippen molar-refractivity contribution in [3.05, 3.63) is 65.2 Å². The van der Waals surface area contributed by atoms with Crippen LogP contribution in [0.1, 0.15) is 32.5 Å². The number of amides is 2. The standard InChI is InChI=1S/C25H31N3O3S2/c1-27-11-13-28(14-12-27)24(30)20-5-3-19(4-6-20)17-26-23(29)18-31-22-9-7-21(8-10-22)25-32-15-2-16-33-25/h3-10,25H,2,11-18H2,1H3,(H,26,29). The Morgan fingerprint density at radius 1 is 0.970 bits per heavy atom. The summed E-state index contributed by atoms with van der Waals surface area (Å²) in [5.41, 5.74) is 2.94. The number of rotatable bonds is 7. The predicted molar refractivity (Wildman–Crippen MR) is 136 cm³/mol. The summed E-state index contributed by atoms with van der Waals surface area (Å²) in [6.45, 7) is 3.71.